The fraction of sp³-hybridized carbons (Fsp3) is 0.200. The van der Waals surface area contributed by atoms with Gasteiger partial charge in [0.2, 0.25) is 0 Å². The lowest BCUT2D eigenvalue weighted by Gasteiger charge is -2.00. The molecule has 4 nitrogen and oxygen atoms in total. The van der Waals surface area contributed by atoms with Crippen LogP contribution in [0, 0.1) is 13.8 Å². The number of nitrogens with zero attached hydrogens (tertiary/aromatic N) is 4. The first-order chi connectivity index (χ1) is 6.75. The Morgan fingerprint density at radius 3 is 2.57 bits per heavy atom. The van der Waals surface area contributed by atoms with Crippen LogP contribution >= 0.6 is 0 Å². The molecule has 0 fully saturated rings. The molecule has 2 heterocycles. The standard InChI is InChI=1S/C10H10N4/c1-7-5-11-6-10(13-7)9-3-4-12-8(2)14-9/h3-6H,1-2H3. The van der Waals surface area contributed by atoms with E-state index in [1.54, 1.807) is 18.6 Å². The normalized spacial score (nSPS) is 10.1. The fourth-order valence-electron chi connectivity index (χ4n) is 1.19. The molecule has 2 rings (SSSR count). The zero-order valence-electron chi connectivity index (χ0n) is 8.10. The molecule has 0 spiro atoms. The van der Waals surface area contributed by atoms with Gasteiger partial charge in [-0.05, 0) is 19.9 Å². The molecule has 0 atom stereocenters. The highest BCUT2D eigenvalue weighted by Gasteiger charge is 2.01. The van der Waals surface area contributed by atoms with Gasteiger partial charge in [0.15, 0.2) is 0 Å². The molecule has 0 saturated carbocycles. The van der Waals surface area contributed by atoms with Crippen LogP contribution in [0.5, 0.6) is 0 Å². The van der Waals surface area contributed by atoms with E-state index in [1.807, 2.05) is 19.9 Å². The minimum atomic E-state index is 0.741. The largest absolute Gasteiger partial charge is 0.261 e. The molecular weight excluding hydrogens is 176 g/mol. The molecule has 0 aliphatic rings. The molecule has 70 valence electrons. The maximum Gasteiger partial charge on any atom is 0.125 e. The summed E-state index contributed by atoms with van der Waals surface area (Å²) in [4.78, 5) is 16.7. The Balaban J connectivity index is 2.49. The zero-order chi connectivity index (χ0) is 9.97. The van der Waals surface area contributed by atoms with Gasteiger partial charge < -0.3 is 0 Å². The molecule has 0 N–H and O–H groups in total. The van der Waals surface area contributed by atoms with Gasteiger partial charge >= 0.3 is 0 Å². The van der Waals surface area contributed by atoms with Gasteiger partial charge in [-0.15, -0.1) is 0 Å². The minimum Gasteiger partial charge on any atom is -0.261 e. The van der Waals surface area contributed by atoms with Crippen LogP contribution in [0.25, 0.3) is 11.4 Å². The summed E-state index contributed by atoms with van der Waals surface area (Å²) in [6, 6.07) is 1.83. The van der Waals surface area contributed by atoms with E-state index < -0.39 is 0 Å². The van der Waals surface area contributed by atoms with Crippen LogP contribution in [0.2, 0.25) is 0 Å². The molecule has 0 aliphatic carbocycles. The van der Waals surface area contributed by atoms with Gasteiger partial charge in [0.05, 0.1) is 17.6 Å². The third-order valence-electron chi connectivity index (χ3n) is 1.79. The monoisotopic (exact) mass is 186 g/mol. The molecule has 2 aromatic heterocycles. The predicted molar refractivity (Wildman–Crippen MR) is 52.5 cm³/mol. The van der Waals surface area contributed by atoms with Gasteiger partial charge in [0, 0.05) is 12.4 Å². The first kappa shape index (κ1) is 8.74. The van der Waals surface area contributed by atoms with E-state index in [0.29, 0.717) is 0 Å². The smallest absolute Gasteiger partial charge is 0.125 e. The van der Waals surface area contributed by atoms with Crippen molar-refractivity contribution in [1.29, 1.82) is 0 Å². The SMILES string of the molecule is Cc1cncc(-c2ccnc(C)n2)n1. The maximum absolute atomic E-state index is 4.33. The summed E-state index contributed by atoms with van der Waals surface area (Å²) in [5, 5.41) is 0. The molecule has 0 unspecified atom stereocenters. The number of aryl methyl sites for hydroxylation is 2. The van der Waals surface area contributed by atoms with Crippen LogP contribution in [0.1, 0.15) is 11.5 Å². The molecule has 2 aromatic rings. The van der Waals surface area contributed by atoms with E-state index in [1.165, 1.54) is 0 Å². The van der Waals surface area contributed by atoms with Gasteiger partial charge in [-0.2, -0.15) is 0 Å². The second-order valence-electron chi connectivity index (χ2n) is 3.03. The molecule has 0 aliphatic heterocycles. The molecule has 0 bridgehead atoms. The van der Waals surface area contributed by atoms with Crippen molar-refractivity contribution in [3.05, 3.63) is 36.2 Å². The number of hydrogen-bond acceptors (Lipinski definition) is 4. The van der Waals surface area contributed by atoms with Crippen LogP contribution in [0.3, 0.4) is 0 Å². The van der Waals surface area contributed by atoms with Crippen molar-refractivity contribution in [2.24, 2.45) is 0 Å². The van der Waals surface area contributed by atoms with E-state index in [0.717, 1.165) is 22.9 Å². The van der Waals surface area contributed by atoms with Crippen LogP contribution in [-0.2, 0) is 0 Å². The van der Waals surface area contributed by atoms with Gasteiger partial charge in [0.25, 0.3) is 0 Å². The summed E-state index contributed by atoms with van der Waals surface area (Å²) < 4.78 is 0. The van der Waals surface area contributed by atoms with E-state index >= 15 is 0 Å². The lowest BCUT2D eigenvalue weighted by Crippen LogP contribution is -1.94. The van der Waals surface area contributed by atoms with Gasteiger partial charge in [-0.1, -0.05) is 0 Å². The molecular formula is C10H10N4. The van der Waals surface area contributed by atoms with E-state index in [-0.39, 0.29) is 0 Å². The highest BCUT2D eigenvalue weighted by Crippen LogP contribution is 2.11. The highest BCUT2D eigenvalue weighted by molar-refractivity contribution is 5.51. The maximum atomic E-state index is 4.33. The average Bonchev–Trinajstić information content (AvgIpc) is 2.18. The van der Waals surface area contributed by atoms with Gasteiger partial charge in [-0.3, -0.25) is 4.98 Å². The lowest BCUT2D eigenvalue weighted by atomic mass is 10.3. The average molecular weight is 186 g/mol. The van der Waals surface area contributed by atoms with Crippen molar-refractivity contribution in [3.63, 3.8) is 0 Å². The van der Waals surface area contributed by atoms with E-state index in [9.17, 15) is 0 Å². The first-order valence-electron chi connectivity index (χ1n) is 4.34. The van der Waals surface area contributed by atoms with Crippen molar-refractivity contribution < 1.29 is 0 Å². The third kappa shape index (κ3) is 1.74. The summed E-state index contributed by atoms with van der Waals surface area (Å²) in [6.45, 7) is 3.76. The highest BCUT2D eigenvalue weighted by atomic mass is 14.9. The summed E-state index contributed by atoms with van der Waals surface area (Å²) in [6.07, 6.45) is 5.15. The molecule has 0 aromatic carbocycles. The van der Waals surface area contributed by atoms with E-state index in [4.69, 9.17) is 0 Å². The van der Waals surface area contributed by atoms with Gasteiger partial charge in [0.1, 0.15) is 11.5 Å². The lowest BCUT2D eigenvalue weighted by molar-refractivity contribution is 1.04. The third-order valence-corrected chi connectivity index (χ3v) is 1.79. The second-order valence-corrected chi connectivity index (χ2v) is 3.03. The minimum absolute atomic E-state index is 0.741. The zero-order valence-corrected chi connectivity index (χ0v) is 8.10. The van der Waals surface area contributed by atoms with Crippen molar-refractivity contribution in [2.45, 2.75) is 13.8 Å². The quantitative estimate of drug-likeness (QED) is 0.678. The van der Waals surface area contributed by atoms with Crippen LogP contribution < -0.4 is 0 Å². The van der Waals surface area contributed by atoms with Crippen LogP contribution in [0.4, 0.5) is 0 Å². The number of hydrogen-bond donors (Lipinski definition) is 0. The topological polar surface area (TPSA) is 51.6 Å². The Hall–Kier alpha value is -1.84. The molecule has 0 radical (unpaired) electrons. The van der Waals surface area contributed by atoms with Crippen molar-refractivity contribution in [2.75, 3.05) is 0 Å². The summed E-state index contributed by atoms with van der Waals surface area (Å²) in [5.74, 6) is 0.741. The fourth-order valence-corrected chi connectivity index (χ4v) is 1.19. The Morgan fingerprint density at radius 1 is 1.00 bits per heavy atom. The Kier molecular flexibility index (Phi) is 2.18. The van der Waals surface area contributed by atoms with Crippen molar-refractivity contribution >= 4 is 0 Å². The van der Waals surface area contributed by atoms with Gasteiger partial charge in [-0.25, -0.2) is 15.0 Å². The van der Waals surface area contributed by atoms with Crippen LogP contribution in [-0.4, -0.2) is 19.9 Å². The number of aromatic nitrogens is 4. The predicted octanol–water partition coefficient (Wildman–Crippen LogP) is 1.55. The summed E-state index contributed by atoms with van der Waals surface area (Å²) >= 11 is 0. The Morgan fingerprint density at radius 2 is 1.86 bits per heavy atom. The van der Waals surface area contributed by atoms with E-state index in [2.05, 4.69) is 19.9 Å². The second kappa shape index (κ2) is 3.49. The Bertz CT molecular complexity index is 410. The molecule has 0 amide bonds. The summed E-state index contributed by atoms with van der Waals surface area (Å²) in [7, 11) is 0. The molecule has 14 heavy (non-hydrogen) atoms. The number of rotatable bonds is 1. The summed E-state index contributed by atoms with van der Waals surface area (Å²) in [5.41, 5.74) is 2.49. The van der Waals surface area contributed by atoms with Crippen LogP contribution in [0.15, 0.2) is 24.7 Å². The molecule has 4 heteroatoms. The first-order valence-corrected chi connectivity index (χ1v) is 4.34. The van der Waals surface area contributed by atoms with Crippen molar-refractivity contribution in [3.8, 4) is 11.4 Å². The van der Waals surface area contributed by atoms with Crippen molar-refractivity contribution in [1.82, 2.24) is 19.9 Å². The molecule has 0 saturated heterocycles. The Labute approximate surface area is 82.1 Å².